The molecule has 0 fully saturated rings. The van der Waals surface area contributed by atoms with Crippen LogP contribution in [0.1, 0.15) is 55.6 Å². The van der Waals surface area contributed by atoms with Gasteiger partial charge in [-0.2, -0.15) is 26.3 Å². The van der Waals surface area contributed by atoms with Crippen molar-refractivity contribution in [1.29, 1.82) is 0 Å². The summed E-state index contributed by atoms with van der Waals surface area (Å²) in [6.07, 6.45) is -9.05. The van der Waals surface area contributed by atoms with Crippen LogP contribution >= 0.6 is 8.58 Å². The normalized spacial score (nSPS) is 14.4. The van der Waals surface area contributed by atoms with E-state index in [2.05, 4.69) is 0 Å². The molecule has 0 aliphatic heterocycles. The molecule has 0 aliphatic rings. The first kappa shape index (κ1) is 25.5. The van der Waals surface area contributed by atoms with Crippen LogP contribution in [0.2, 0.25) is 0 Å². The third-order valence-electron chi connectivity index (χ3n) is 3.47. The first-order valence-electron chi connectivity index (χ1n) is 7.68. The van der Waals surface area contributed by atoms with Gasteiger partial charge in [0, 0.05) is 24.4 Å². The van der Waals surface area contributed by atoms with Crippen molar-refractivity contribution in [2.24, 2.45) is 11.3 Å². The summed E-state index contributed by atoms with van der Waals surface area (Å²) < 4.78 is 78.5. The zero-order valence-electron chi connectivity index (χ0n) is 15.4. The smallest absolute Gasteiger partial charge is 0.289 e. The van der Waals surface area contributed by atoms with Crippen molar-refractivity contribution in [3.05, 3.63) is 34.9 Å². The van der Waals surface area contributed by atoms with Crippen molar-refractivity contribution in [2.45, 2.75) is 46.5 Å². The van der Waals surface area contributed by atoms with Gasteiger partial charge in [0.05, 0.1) is 11.1 Å². The standard InChI is InChI=1S/C17H21F6OP.Li/c1-10(8-15(2,3)4)9-25-14(24)13-11(16(18,19)20)6-5-7-12(13)17(21,22)23;/h5-7,10,25H,8-9H2,1-4H3;. The maximum absolute atomic E-state index is 13.1. The number of rotatable bonds is 5. The molecule has 2 unspecified atom stereocenters. The van der Waals surface area contributed by atoms with Gasteiger partial charge in [-0.15, -0.1) is 0 Å². The molecule has 0 aromatic heterocycles. The first-order valence-corrected chi connectivity index (χ1v) is 8.89. The molecule has 143 valence electrons. The molecular weight excluding hydrogens is 372 g/mol. The Bertz CT molecular complexity index is 587. The maximum Gasteiger partial charge on any atom is 0.417 e. The number of alkyl halides is 6. The minimum absolute atomic E-state index is 0. The summed E-state index contributed by atoms with van der Waals surface area (Å²) in [4.78, 5) is 12.3. The quantitative estimate of drug-likeness (QED) is 0.329. The molecule has 1 aromatic rings. The molecule has 1 rings (SSSR count). The van der Waals surface area contributed by atoms with Gasteiger partial charge in [-0.25, -0.2) is 0 Å². The van der Waals surface area contributed by atoms with Crippen molar-refractivity contribution >= 4 is 33.0 Å². The minimum Gasteiger partial charge on any atom is -0.289 e. The van der Waals surface area contributed by atoms with Gasteiger partial charge in [0.25, 0.3) is 0 Å². The van der Waals surface area contributed by atoms with E-state index in [0.29, 0.717) is 18.2 Å². The molecule has 26 heavy (non-hydrogen) atoms. The number of hydrogen-bond acceptors (Lipinski definition) is 1. The summed E-state index contributed by atoms with van der Waals surface area (Å²) in [7, 11) is -0.638. The van der Waals surface area contributed by atoms with Crippen LogP contribution in [0.3, 0.4) is 0 Å². The average molecular weight is 393 g/mol. The number of carbonyl (C=O) groups excluding carboxylic acids is 1. The average Bonchev–Trinajstić information content (AvgIpc) is 2.40. The Morgan fingerprint density at radius 3 is 1.77 bits per heavy atom. The molecular formula is C17H21F6LiOP. The largest absolute Gasteiger partial charge is 0.417 e. The number of carbonyl (C=O) groups is 1. The Morgan fingerprint density at radius 2 is 1.42 bits per heavy atom. The molecule has 9 heteroatoms. The predicted molar refractivity (Wildman–Crippen MR) is 92.9 cm³/mol. The SMILES string of the molecule is CC(CPC(=O)c1c(C(F)(F)F)cccc1C(F)(F)F)CC(C)(C)C.[Li]. The van der Waals surface area contributed by atoms with Gasteiger partial charge < -0.3 is 0 Å². The fourth-order valence-corrected chi connectivity index (χ4v) is 3.87. The van der Waals surface area contributed by atoms with Crippen LogP contribution in [0.25, 0.3) is 0 Å². The van der Waals surface area contributed by atoms with E-state index in [1.165, 1.54) is 0 Å². The Labute approximate surface area is 163 Å². The molecule has 0 spiro atoms. The summed E-state index contributed by atoms with van der Waals surface area (Å²) in [5, 5.41) is 0. The van der Waals surface area contributed by atoms with Crippen LogP contribution in [0.5, 0.6) is 0 Å². The summed E-state index contributed by atoms with van der Waals surface area (Å²) in [6, 6.07) is 1.71. The van der Waals surface area contributed by atoms with E-state index in [4.69, 9.17) is 0 Å². The van der Waals surface area contributed by atoms with Gasteiger partial charge in [-0.1, -0.05) is 33.8 Å². The van der Waals surface area contributed by atoms with Crippen molar-refractivity contribution in [2.75, 3.05) is 6.16 Å². The van der Waals surface area contributed by atoms with Crippen LogP contribution in [0.4, 0.5) is 26.3 Å². The zero-order chi connectivity index (χ0) is 19.6. The fourth-order valence-electron chi connectivity index (χ4n) is 2.74. The van der Waals surface area contributed by atoms with E-state index in [1.54, 1.807) is 0 Å². The second-order valence-electron chi connectivity index (χ2n) is 7.30. The van der Waals surface area contributed by atoms with Crippen molar-refractivity contribution in [3.63, 3.8) is 0 Å². The van der Waals surface area contributed by atoms with E-state index in [1.807, 2.05) is 27.7 Å². The molecule has 1 aromatic carbocycles. The Balaban J connectivity index is 0.00000625. The first-order chi connectivity index (χ1) is 11.1. The Hall–Kier alpha value is -0.503. The van der Waals surface area contributed by atoms with E-state index >= 15 is 0 Å². The number of halogens is 6. The topological polar surface area (TPSA) is 17.1 Å². The zero-order valence-corrected chi connectivity index (χ0v) is 16.4. The van der Waals surface area contributed by atoms with Crippen LogP contribution in [-0.2, 0) is 12.4 Å². The summed E-state index contributed by atoms with van der Waals surface area (Å²) >= 11 is 0. The van der Waals surface area contributed by atoms with Crippen LogP contribution < -0.4 is 0 Å². The van der Waals surface area contributed by atoms with E-state index in [-0.39, 0.29) is 36.4 Å². The van der Waals surface area contributed by atoms with E-state index in [0.717, 1.165) is 6.42 Å². The summed E-state index contributed by atoms with van der Waals surface area (Å²) in [5.74, 6) is 0.0228. The van der Waals surface area contributed by atoms with Crippen LogP contribution in [0, 0.1) is 11.3 Å². The summed E-state index contributed by atoms with van der Waals surface area (Å²) in [5.41, 5.74) is -5.44. The third-order valence-corrected chi connectivity index (χ3v) is 4.95. The van der Waals surface area contributed by atoms with Crippen molar-refractivity contribution in [3.8, 4) is 0 Å². The monoisotopic (exact) mass is 393 g/mol. The molecule has 0 saturated carbocycles. The Kier molecular flexibility index (Phi) is 8.95. The molecule has 1 radical (unpaired) electrons. The van der Waals surface area contributed by atoms with Gasteiger partial charge in [-0.05, 0) is 44.6 Å². The van der Waals surface area contributed by atoms with Gasteiger partial charge in [0.2, 0.25) is 0 Å². The third kappa shape index (κ3) is 7.62. The van der Waals surface area contributed by atoms with Gasteiger partial charge in [0.1, 0.15) is 0 Å². The van der Waals surface area contributed by atoms with Crippen LogP contribution in [0.15, 0.2) is 18.2 Å². The fraction of sp³-hybridized carbons (Fsp3) is 0.588. The van der Waals surface area contributed by atoms with Gasteiger partial charge in [0.15, 0.2) is 5.52 Å². The second kappa shape index (κ2) is 9.13. The van der Waals surface area contributed by atoms with Gasteiger partial charge >= 0.3 is 12.4 Å². The molecule has 0 aliphatic carbocycles. The molecule has 0 N–H and O–H groups in total. The number of hydrogen-bond donors (Lipinski definition) is 0. The molecule has 0 bridgehead atoms. The minimum atomic E-state index is -5.02. The Morgan fingerprint density at radius 1 is 1.00 bits per heavy atom. The summed E-state index contributed by atoms with van der Waals surface area (Å²) in [6.45, 7) is 7.78. The van der Waals surface area contributed by atoms with E-state index in [9.17, 15) is 31.1 Å². The van der Waals surface area contributed by atoms with Crippen molar-refractivity contribution in [1.82, 2.24) is 0 Å². The van der Waals surface area contributed by atoms with Gasteiger partial charge in [-0.3, -0.25) is 4.79 Å². The van der Waals surface area contributed by atoms with Crippen molar-refractivity contribution < 1.29 is 31.1 Å². The second-order valence-corrected chi connectivity index (χ2v) is 8.52. The molecule has 2 atom stereocenters. The molecule has 0 saturated heterocycles. The predicted octanol–water partition coefficient (Wildman–Crippen LogP) is 6.23. The molecule has 0 amide bonds. The van der Waals surface area contributed by atoms with E-state index < -0.39 is 43.1 Å². The van der Waals surface area contributed by atoms with Crippen LogP contribution in [-0.4, -0.2) is 30.5 Å². The maximum atomic E-state index is 13.1. The molecule has 0 heterocycles. The number of benzene rings is 1. The molecule has 1 nitrogen and oxygen atoms in total.